The molecule has 0 aliphatic carbocycles. The summed E-state index contributed by atoms with van der Waals surface area (Å²) in [7, 11) is 0. The summed E-state index contributed by atoms with van der Waals surface area (Å²) in [5.74, 6) is -0.128. The molecule has 34 heavy (non-hydrogen) atoms. The van der Waals surface area contributed by atoms with Crippen LogP contribution in [-0.2, 0) is 20.7 Å². The Kier molecular flexibility index (Phi) is 7.57. The summed E-state index contributed by atoms with van der Waals surface area (Å²) >= 11 is -1.97. The number of hydrogen-bond acceptors (Lipinski definition) is 10. The minimum absolute atomic E-state index is 0.0316. The standard InChI is InChI=1S/C22H19N3O7S2/c1-2-23-16-9-5-7-14-12-18(33-32-31-27)20(21(26)19(14)16)25-24-17-11-10-13-6-3-4-8-15(13)22(17)30-34(28)29/h3-12,23,26-27H,2H2,1H3,(H,28,29). The Labute approximate surface area is 200 Å². The van der Waals surface area contributed by atoms with Crippen molar-refractivity contribution in [2.75, 3.05) is 11.9 Å². The van der Waals surface area contributed by atoms with Crippen LogP contribution in [0.5, 0.6) is 11.5 Å². The Bertz CT molecular complexity index is 1400. The van der Waals surface area contributed by atoms with Crippen LogP contribution in [0.3, 0.4) is 0 Å². The minimum Gasteiger partial charge on any atom is -0.505 e. The van der Waals surface area contributed by atoms with Crippen molar-refractivity contribution in [2.45, 2.75) is 11.8 Å². The van der Waals surface area contributed by atoms with E-state index in [2.05, 4.69) is 24.9 Å². The van der Waals surface area contributed by atoms with E-state index in [0.717, 1.165) is 5.39 Å². The number of nitrogens with one attached hydrogen (secondary N) is 1. The fraction of sp³-hybridized carbons (Fsp3) is 0.0909. The molecular weight excluding hydrogens is 482 g/mol. The zero-order valence-electron chi connectivity index (χ0n) is 17.7. The van der Waals surface area contributed by atoms with Gasteiger partial charge in [0.25, 0.3) is 0 Å². The van der Waals surface area contributed by atoms with Gasteiger partial charge in [-0.1, -0.05) is 47.5 Å². The summed E-state index contributed by atoms with van der Waals surface area (Å²) in [6, 6.07) is 17.6. The molecule has 0 radical (unpaired) electrons. The van der Waals surface area contributed by atoms with Gasteiger partial charge >= 0.3 is 11.4 Å². The van der Waals surface area contributed by atoms with Crippen molar-refractivity contribution < 1.29 is 32.7 Å². The van der Waals surface area contributed by atoms with Gasteiger partial charge in [0.1, 0.15) is 11.4 Å². The van der Waals surface area contributed by atoms with Crippen molar-refractivity contribution in [1.82, 2.24) is 0 Å². The molecule has 0 saturated carbocycles. The monoisotopic (exact) mass is 501 g/mol. The van der Waals surface area contributed by atoms with Crippen molar-refractivity contribution in [2.24, 2.45) is 10.2 Å². The maximum atomic E-state index is 11.4. The summed E-state index contributed by atoms with van der Waals surface area (Å²) < 4.78 is 30.4. The quantitative estimate of drug-likeness (QED) is 0.0665. The van der Waals surface area contributed by atoms with E-state index in [-0.39, 0.29) is 22.9 Å². The lowest BCUT2D eigenvalue weighted by molar-refractivity contribution is -0.432. The molecule has 0 aliphatic rings. The SMILES string of the molecule is CCNc1cccc2cc(SOOO)c(N=Nc3ccc4ccccc4c3OS(=O)O)c(O)c12. The number of rotatable bonds is 9. The van der Waals surface area contributed by atoms with Crippen LogP contribution < -0.4 is 9.50 Å². The zero-order valence-corrected chi connectivity index (χ0v) is 19.3. The van der Waals surface area contributed by atoms with E-state index < -0.39 is 11.4 Å². The van der Waals surface area contributed by atoms with E-state index in [1.165, 1.54) is 0 Å². The lowest BCUT2D eigenvalue weighted by atomic mass is 10.1. The van der Waals surface area contributed by atoms with Crippen LogP contribution >= 0.6 is 12.0 Å². The highest BCUT2D eigenvalue weighted by Crippen LogP contribution is 2.47. The average molecular weight is 502 g/mol. The molecule has 0 aromatic heterocycles. The molecule has 4 aromatic carbocycles. The third kappa shape index (κ3) is 4.97. The molecule has 0 spiro atoms. The number of aromatic hydroxyl groups is 1. The predicted octanol–water partition coefficient (Wildman–Crippen LogP) is 6.49. The van der Waals surface area contributed by atoms with Gasteiger partial charge in [-0.3, -0.25) is 4.55 Å². The fourth-order valence-electron chi connectivity index (χ4n) is 3.52. The summed E-state index contributed by atoms with van der Waals surface area (Å²) in [6.45, 7) is 2.56. The number of nitrogens with zero attached hydrogens (tertiary/aromatic N) is 2. The Morgan fingerprint density at radius 3 is 2.62 bits per heavy atom. The molecule has 0 amide bonds. The van der Waals surface area contributed by atoms with Crippen molar-refractivity contribution in [3.63, 3.8) is 0 Å². The van der Waals surface area contributed by atoms with Gasteiger partial charge in [-0.15, -0.1) is 14.6 Å². The van der Waals surface area contributed by atoms with Gasteiger partial charge in [0, 0.05) is 23.0 Å². The Morgan fingerprint density at radius 2 is 1.85 bits per heavy atom. The molecule has 0 fully saturated rings. The van der Waals surface area contributed by atoms with Gasteiger partial charge < -0.3 is 14.6 Å². The first-order valence-electron chi connectivity index (χ1n) is 9.93. The second kappa shape index (κ2) is 10.8. The first kappa shape index (κ1) is 23.9. The highest BCUT2D eigenvalue weighted by Gasteiger charge is 2.18. The molecule has 1 atom stereocenters. The molecule has 0 aliphatic heterocycles. The lowest BCUT2D eigenvalue weighted by Gasteiger charge is -2.13. The van der Waals surface area contributed by atoms with Crippen LogP contribution in [0.1, 0.15) is 6.92 Å². The number of azo groups is 1. The van der Waals surface area contributed by atoms with Gasteiger partial charge in [-0.2, -0.15) is 4.21 Å². The minimum atomic E-state index is -2.60. The van der Waals surface area contributed by atoms with E-state index in [1.807, 2.05) is 31.2 Å². The van der Waals surface area contributed by atoms with Crippen molar-refractivity contribution in [3.05, 3.63) is 60.7 Å². The number of benzene rings is 4. The topological polar surface area (TPSA) is 142 Å². The smallest absolute Gasteiger partial charge is 0.357 e. The van der Waals surface area contributed by atoms with Gasteiger partial charge in [-0.05, 0) is 35.9 Å². The molecule has 4 N–H and O–H groups in total. The van der Waals surface area contributed by atoms with Crippen molar-refractivity contribution in [3.8, 4) is 11.5 Å². The van der Waals surface area contributed by atoms with Crippen LogP contribution in [0, 0.1) is 0 Å². The normalized spacial score (nSPS) is 12.4. The lowest BCUT2D eigenvalue weighted by Crippen LogP contribution is -1.98. The first-order chi connectivity index (χ1) is 16.5. The number of fused-ring (bicyclic) bond motifs is 2. The number of phenols is 1. The van der Waals surface area contributed by atoms with Gasteiger partial charge in [-0.25, -0.2) is 5.26 Å². The van der Waals surface area contributed by atoms with E-state index in [9.17, 15) is 13.9 Å². The second-order valence-corrected chi connectivity index (χ2v) is 8.21. The van der Waals surface area contributed by atoms with Gasteiger partial charge in [0.15, 0.2) is 11.5 Å². The summed E-state index contributed by atoms with van der Waals surface area (Å²) in [5.41, 5.74) is 0.884. The highest BCUT2D eigenvalue weighted by atomic mass is 32.2. The maximum absolute atomic E-state index is 11.4. The van der Waals surface area contributed by atoms with Crippen LogP contribution in [0.4, 0.5) is 17.1 Å². The predicted molar refractivity (Wildman–Crippen MR) is 130 cm³/mol. The van der Waals surface area contributed by atoms with Crippen molar-refractivity contribution >= 4 is 62.0 Å². The molecule has 0 bridgehead atoms. The van der Waals surface area contributed by atoms with Crippen LogP contribution in [0.2, 0.25) is 0 Å². The van der Waals surface area contributed by atoms with Crippen LogP contribution in [0.15, 0.2) is 75.8 Å². The van der Waals surface area contributed by atoms with Crippen LogP contribution in [-0.4, -0.2) is 25.7 Å². The molecular formula is C22H19N3O7S2. The number of anilines is 1. The molecule has 4 rings (SSSR count). The van der Waals surface area contributed by atoms with E-state index in [1.54, 1.807) is 36.4 Å². The van der Waals surface area contributed by atoms with E-state index in [4.69, 9.17) is 9.44 Å². The molecule has 176 valence electrons. The Balaban J connectivity index is 1.89. The molecule has 10 nitrogen and oxygen atoms in total. The van der Waals surface area contributed by atoms with Crippen LogP contribution in [0.25, 0.3) is 21.5 Å². The third-order valence-corrected chi connectivity index (χ3v) is 5.80. The number of phenolic OH excluding ortho intramolecular Hbond substituents is 1. The summed E-state index contributed by atoms with van der Waals surface area (Å²) in [5, 5.41) is 37.5. The second-order valence-electron chi connectivity index (χ2n) is 6.87. The molecule has 0 saturated heterocycles. The van der Waals surface area contributed by atoms with Gasteiger partial charge in [0.2, 0.25) is 0 Å². The van der Waals surface area contributed by atoms with Crippen molar-refractivity contribution in [1.29, 1.82) is 0 Å². The van der Waals surface area contributed by atoms with E-state index >= 15 is 0 Å². The third-order valence-electron chi connectivity index (χ3n) is 4.87. The fourth-order valence-corrected chi connectivity index (χ4v) is 4.34. The number of hydrogen-bond donors (Lipinski definition) is 4. The van der Waals surface area contributed by atoms with E-state index in [0.29, 0.717) is 45.3 Å². The maximum Gasteiger partial charge on any atom is 0.357 e. The molecule has 1 unspecified atom stereocenters. The average Bonchev–Trinajstić information content (AvgIpc) is 2.83. The Morgan fingerprint density at radius 1 is 1.06 bits per heavy atom. The van der Waals surface area contributed by atoms with Gasteiger partial charge in [0.05, 0.1) is 16.9 Å². The highest BCUT2D eigenvalue weighted by molar-refractivity contribution is 7.94. The largest absolute Gasteiger partial charge is 0.505 e. The zero-order chi connectivity index (χ0) is 24.1. The first-order valence-corrected chi connectivity index (χ1v) is 11.7. The molecule has 12 heteroatoms. The molecule has 4 aromatic rings. The molecule has 0 heterocycles. The summed E-state index contributed by atoms with van der Waals surface area (Å²) in [4.78, 5) is 0.297. The summed E-state index contributed by atoms with van der Waals surface area (Å²) in [6.07, 6.45) is 0. The Hall–Kier alpha value is -3.26.